The fourth-order valence-corrected chi connectivity index (χ4v) is 1.31. The van der Waals surface area contributed by atoms with Crippen molar-refractivity contribution in [3.63, 3.8) is 0 Å². The third-order valence-corrected chi connectivity index (χ3v) is 2.07. The first-order valence-electron chi connectivity index (χ1n) is 4.95. The Morgan fingerprint density at radius 1 is 1.07 bits per heavy atom. The van der Waals surface area contributed by atoms with E-state index in [9.17, 15) is 0 Å². The molecule has 0 atom stereocenters. The maximum Gasteiger partial charge on any atom is 0.213 e. The normalized spacial score (nSPS) is 9.87. The second kappa shape index (κ2) is 5.15. The number of aromatic nitrogens is 1. The van der Waals surface area contributed by atoms with E-state index in [-0.39, 0.29) is 0 Å². The lowest BCUT2D eigenvalue weighted by Gasteiger charge is -2.04. The lowest BCUT2D eigenvalue weighted by molar-refractivity contribution is 0.309. The predicted octanol–water partition coefficient (Wildman–Crippen LogP) is 2.50. The summed E-state index contributed by atoms with van der Waals surface area (Å²) >= 11 is 0. The van der Waals surface area contributed by atoms with Crippen LogP contribution in [0.4, 0.5) is 0 Å². The molecule has 2 aromatic rings. The molecule has 15 heavy (non-hydrogen) atoms. The minimum absolute atomic E-state index is 0.633. The van der Waals surface area contributed by atoms with Crippen molar-refractivity contribution in [3.8, 4) is 5.88 Å². The summed E-state index contributed by atoms with van der Waals surface area (Å²) in [5.41, 5.74) is 1.28. The number of hydrogen-bond donors (Lipinski definition) is 0. The van der Waals surface area contributed by atoms with Crippen molar-refractivity contribution in [2.45, 2.75) is 6.42 Å². The number of hydrogen-bond acceptors (Lipinski definition) is 2. The van der Waals surface area contributed by atoms with Crippen LogP contribution in [0.2, 0.25) is 0 Å². The number of ether oxygens (including phenoxy) is 1. The summed E-state index contributed by atoms with van der Waals surface area (Å²) < 4.78 is 5.47. The van der Waals surface area contributed by atoms with Crippen LogP contribution in [0, 0.1) is 6.20 Å². The minimum Gasteiger partial charge on any atom is -0.477 e. The second-order valence-corrected chi connectivity index (χ2v) is 3.19. The van der Waals surface area contributed by atoms with E-state index in [1.165, 1.54) is 5.56 Å². The van der Waals surface area contributed by atoms with E-state index in [1.807, 2.05) is 30.3 Å². The molecule has 2 rings (SSSR count). The second-order valence-electron chi connectivity index (χ2n) is 3.19. The lowest BCUT2D eigenvalue weighted by atomic mass is 10.2. The molecule has 2 nitrogen and oxygen atoms in total. The monoisotopic (exact) mass is 198 g/mol. The van der Waals surface area contributed by atoms with Gasteiger partial charge in [-0.15, -0.1) is 0 Å². The molecular weight excluding hydrogens is 186 g/mol. The molecule has 1 aromatic carbocycles. The van der Waals surface area contributed by atoms with Crippen LogP contribution in [0.25, 0.3) is 0 Å². The van der Waals surface area contributed by atoms with Crippen LogP contribution in [-0.4, -0.2) is 11.6 Å². The van der Waals surface area contributed by atoms with Gasteiger partial charge >= 0.3 is 0 Å². The van der Waals surface area contributed by atoms with Gasteiger partial charge in [-0.1, -0.05) is 36.4 Å². The highest BCUT2D eigenvalue weighted by Crippen LogP contribution is 2.05. The maximum absolute atomic E-state index is 5.47. The van der Waals surface area contributed by atoms with E-state index in [0.29, 0.717) is 12.5 Å². The molecule has 1 radical (unpaired) electrons. The van der Waals surface area contributed by atoms with Gasteiger partial charge in [0.25, 0.3) is 0 Å². The van der Waals surface area contributed by atoms with E-state index in [0.717, 1.165) is 6.42 Å². The highest BCUT2D eigenvalue weighted by atomic mass is 16.5. The Kier molecular flexibility index (Phi) is 3.34. The van der Waals surface area contributed by atoms with E-state index >= 15 is 0 Å². The van der Waals surface area contributed by atoms with Crippen LogP contribution < -0.4 is 4.74 Å². The molecule has 0 aliphatic carbocycles. The van der Waals surface area contributed by atoms with Gasteiger partial charge in [0.15, 0.2) is 0 Å². The van der Waals surface area contributed by atoms with Gasteiger partial charge in [0.2, 0.25) is 5.88 Å². The van der Waals surface area contributed by atoms with Gasteiger partial charge in [-0.05, 0) is 11.6 Å². The van der Waals surface area contributed by atoms with Gasteiger partial charge in [-0.25, -0.2) is 4.98 Å². The number of rotatable bonds is 4. The zero-order chi connectivity index (χ0) is 10.3. The molecule has 0 spiro atoms. The molecule has 1 aromatic heterocycles. The molecule has 0 amide bonds. The predicted molar refractivity (Wildman–Crippen MR) is 58.7 cm³/mol. The molecular formula is C13H12NO. The van der Waals surface area contributed by atoms with Crippen LogP contribution >= 0.6 is 0 Å². The maximum atomic E-state index is 5.47. The van der Waals surface area contributed by atoms with E-state index < -0.39 is 0 Å². The standard InChI is InChI=1S/C13H12NO/c1-2-6-12(7-3-1)9-11-15-13-8-4-5-10-14-13/h1-8H,9,11H2. The summed E-state index contributed by atoms with van der Waals surface area (Å²) in [4.78, 5) is 3.96. The molecule has 0 aliphatic rings. The topological polar surface area (TPSA) is 22.1 Å². The first-order valence-corrected chi connectivity index (χ1v) is 4.95. The molecule has 2 heteroatoms. The van der Waals surface area contributed by atoms with Crippen molar-refractivity contribution >= 4 is 0 Å². The average Bonchev–Trinajstić information content (AvgIpc) is 2.32. The SMILES string of the molecule is [c]1cccc(OCCc2ccccc2)n1. The van der Waals surface area contributed by atoms with Crippen molar-refractivity contribution in [1.82, 2.24) is 4.98 Å². The summed E-state index contributed by atoms with van der Waals surface area (Å²) in [6.45, 7) is 0.648. The van der Waals surface area contributed by atoms with Crippen LogP contribution in [0.3, 0.4) is 0 Å². The number of benzene rings is 1. The smallest absolute Gasteiger partial charge is 0.213 e. The first kappa shape index (κ1) is 9.71. The Bertz CT molecular complexity index is 346. The molecule has 0 fully saturated rings. The summed E-state index contributed by atoms with van der Waals surface area (Å²) in [5, 5.41) is 0. The summed E-state index contributed by atoms with van der Waals surface area (Å²) in [7, 11) is 0. The van der Waals surface area contributed by atoms with Crippen molar-refractivity contribution in [3.05, 3.63) is 60.3 Å². The van der Waals surface area contributed by atoms with Crippen molar-refractivity contribution in [2.75, 3.05) is 6.61 Å². The van der Waals surface area contributed by atoms with Gasteiger partial charge in [-0.3, -0.25) is 0 Å². The highest BCUT2D eigenvalue weighted by molar-refractivity contribution is 5.15. The van der Waals surface area contributed by atoms with Crippen LogP contribution in [0.5, 0.6) is 5.88 Å². The van der Waals surface area contributed by atoms with Gasteiger partial charge in [0.05, 0.1) is 12.8 Å². The largest absolute Gasteiger partial charge is 0.477 e. The lowest BCUT2D eigenvalue weighted by Crippen LogP contribution is -2.02. The molecule has 0 saturated heterocycles. The molecule has 75 valence electrons. The first-order chi connectivity index (χ1) is 7.45. The zero-order valence-corrected chi connectivity index (χ0v) is 8.39. The van der Waals surface area contributed by atoms with Gasteiger partial charge in [-0.2, -0.15) is 0 Å². The molecule has 0 aliphatic heterocycles. The molecule has 0 saturated carbocycles. The van der Waals surface area contributed by atoms with Crippen molar-refractivity contribution < 1.29 is 4.74 Å². The number of pyridine rings is 1. The van der Waals surface area contributed by atoms with Crippen molar-refractivity contribution in [1.29, 1.82) is 0 Å². The van der Waals surface area contributed by atoms with Crippen LogP contribution in [0.15, 0.2) is 48.5 Å². The third-order valence-electron chi connectivity index (χ3n) is 2.07. The number of nitrogens with zero attached hydrogens (tertiary/aromatic N) is 1. The van der Waals surface area contributed by atoms with Crippen molar-refractivity contribution in [2.24, 2.45) is 0 Å². The molecule has 0 unspecified atom stereocenters. The quantitative estimate of drug-likeness (QED) is 0.753. The Hall–Kier alpha value is -1.83. The van der Waals surface area contributed by atoms with Crippen LogP contribution in [-0.2, 0) is 6.42 Å². The fourth-order valence-electron chi connectivity index (χ4n) is 1.31. The third kappa shape index (κ3) is 3.09. The Labute approximate surface area is 89.6 Å². The Morgan fingerprint density at radius 3 is 2.67 bits per heavy atom. The Balaban J connectivity index is 1.81. The summed E-state index contributed by atoms with van der Waals surface area (Å²) in [6.07, 6.45) is 3.63. The zero-order valence-electron chi connectivity index (χ0n) is 8.39. The Morgan fingerprint density at radius 2 is 1.93 bits per heavy atom. The van der Waals surface area contributed by atoms with Gasteiger partial charge in [0, 0.05) is 12.5 Å². The summed E-state index contributed by atoms with van der Waals surface area (Å²) in [6, 6.07) is 15.7. The van der Waals surface area contributed by atoms with E-state index in [4.69, 9.17) is 4.74 Å². The van der Waals surface area contributed by atoms with Crippen LogP contribution in [0.1, 0.15) is 5.56 Å². The van der Waals surface area contributed by atoms with Gasteiger partial charge < -0.3 is 4.74 Å². The molecule has 1 heterocycles. The van der Waals surface area contributed by atoms with E-state index in [2.05, 4.69) is 23.3 Å². The molecule has 0 N–H and O–H groups in total. The fraction of sp³-hybridized carbons (Fsp3) is 0.154. The average molecular weight is 198 g/mol. The highest BCUT2D eigenvalue weighted by Gasteiger charge is 1.94. The minimum atomic E-state index is 0.633. The van der Waals surface area contributed by atoms with Gasteiger partial charge in [0.1, 0.15) is 0 Å². The van der Waals surface area contributed by atoms with E-state index in [1.54, 1.807) is 6.07 Å². The summed E-state index contributed by atoms with van der Waals surface area (Å²) in [5.74, 6) is 0.633. The molecule has 0 bridgehead atoms.